The van der Waals surface area contributed by atoms with E-state index in [0.717, 1.165) is 12.0 Å². The first-order valence-corrected chi connectivity index (χ1v) is 8.09. The van der Waals surface area contributed by atoms with E-state index in [0.29, 0.717) is 11.5 Å². The molecule has 2 aliphatic carbocycles. The van der Waals surface area contributed by atoms with Gasteiger partial charge in [0.25, 0.3) is 0 Å². The van der Waals surface area contributed by atoms with E-state index in [-0.39, 0.29) is 0 Å². The molecular weight excluding hydrogens is 220 g/mol. The van der Waals surface area contributed by atoms with Gasteiger partial charge in [0.15, 0.2) is 0 Å². The first kappa shape index (κ1) is 14.3. The fourth-order valence-electron chi connectivity index (χ4n) is 4.13. The molecule has 2 nitrogen and oxygen atoms in total. The quantitative estimate of drug-likeness (QED) is 0.786. The van der Waals surface area contributed by atoms with Crippen molar-refractivity contribution in [3.05, 3.63) is 0 Å². The Hall–Kier alpha value is -0.0800. The molecule has 0 aromatic carbocycles. The first-order chi connectivity index (χ1) is 8.60. The van der Waals surface area contributed by atoms with Gasteiger partial charge in [0.2, 0.25) is 0 Å². The molecule has 2 saturated carbocycles. The fourth-order valence-corrected chi connectivity index (χ4v) is 4.13. The number of hydrogen-bond donors (Lipinski definition) is 2. The van der Waals surface area contributed by atoms with Crippen LogP contribution in [0, 0.1) is 11.3 Å². The molecule has 0 saturated heterocycles. The highest BCUT2D eigenvalue weighted by Gasteiger charge is 2.34. The lowest BCUT2D eigenvalue weighted by atomic mass is 9.78. The molecular formula is C16H32N2. The van der Waals surface area contributed by atoms with Crippen molar-refractivity contribution in [3.8, 4) is 0 Å². The number of hydrogen-bond acceptors (Lipinski definition) is 2. The predicted octanol–water partition coefficient (Wildman–Crippen LogP) is 3.45. The fraction of sp³-hybridized carbons (Fsp3) is 1.00. The van der Waals surface area contributed by atoms with Crippen molar-refractivity contribution in [1.29, 1.82) is 0 Å². The smallest absolute Gasteiger partial charge is 0.00684 e. The third-order valence-electron chi connectivity index (χ3n) is 5.04. The third kappa shape index (κ3) is 3.96. The summed E-state index contributed by atoms with van der Waals surface area (Å²) in [6.45, 7) is 6.00. The summed E-state index contributed by atoms with van der Waals surface area (Å²) in [7, 11) is 0. The van der Waals surface area contributed by atoms with Crippen LogP contribution in [-0.4, -0.2) is 18.6 Å². The van der Waals surface area contributed by atoms with Crippen LogP contribution in [0.1, 0.15) is 71.6 Å². The van der Waals surface area contributed by atoms with E-state index in [1.807, 2.05) is 0 Å². The van der Waals surface area contributed by atoms with Crippen molar-refractivity contribution in [1.82, 2.24) is 5.32 Å². The van der Waals surface area contributed by atoms with E-state index in [2.05, 4.69) is 19.2 Å². The molecule has 0 aliphatic heterocycles. The van der Waals surface area contributed by atoms with Gasteiger partial charge in [0, 0.05) is 18.6 Å². The van der Waals surface area contributed by atoms with E-state index in [9.17, 15) is 0 Å². The maximum atomic E-state index is 5.98. The summed E-state index contributed by atoms with van der Waals surface area (Å²) in [6.07, 6.45) is 12.2. The van der Waals surface area contributed by atoms with Gasteiger partial charge in [-0.1, -0.05) is 26.7 Å². The maximum Gasteiger partial charge on any atom is 0.00684 e. The van der Waals surface area contributed by atoms with Crippen LogP contribution in [0.2, 0.25) is 0 Å². The topological polar surface area (TPSA) is 38.0 Å². The van der Waals surface area contributed by atoms with Crippen molar-refractivity contribution < 1.29 is 0 Å². The lowest BCUT2D eigenvalue weighted by Gasteiger charge is -2.35. The van der Waals surface area contributed by atoms with Crippen molar-refractivity contribution in [2.75, 3.05) is 6.54 Å². The largest absolute Gasteiger partial charge is 0.328 e. The minimum absolute atomic E-state index is 0.471. The summed E-state index contributed by atoms with van der Waals surface area (Å²) >= 11 is 0. The summed E-state index contributed by atoms with van der Waals surface area (Å²) in [6, 6.07) is 1.22. The van der Waals surface area contributed by atoms with Crippen LogP contribution in [0.5, 0.6) is 0 Å². The molecule has 2 heteroatoms. The van der Waals surface area contributed by atoms with Gasteiger partial charge >= 0.3 is 0 Å². The van der Waals surface area contributed by atoms with Gasteiger partial charge in [-0.25, -0.2) is 0 Å². The van der Waals surface area contributed by atoms with Crippen molar-refractivity contribution >= 4 is 0 Å². The molecule has 18 heavy (non-hydrogen) atoms. The predicted molar refractivity (Wildman–Crippen MR) is 78.6 cm³/mol. The van der Waals surface area contributed by atoms with Gasteiger partial charge in [0.05, 0.1) is 0 Å². The number of nitrogens with two attached hydrogens (primary N) is 1. The molecule has 2 fully saturated rings. The molecule has 2 rings (SSSR count). The Balaban J connectivity index is 1.79. The Morgan fingerprint density at radius 1 is 1.11 bits per heavy atom. The zero-order chi connectivity index (χ0) is 13.0. The zero-order valence-corrected chi connectivity index (χ0v) is 12.4. The van der Waals surface area contributed by atoms with E-state index >= 15 is 0 Å². The molecule has 3 N–H and O–H groups in total. The van der Waals surface area contributed by atoms with E-state index in [4.69, 9.17) is 5.73 Å². The highest BCUT2D eigenvalue weighted by atomic mass is 14.9. The molecule has 0 radical (unpaired) electrons. The standard InChI is InChI=1S/C16H32N2/c1-13(2)11-16(9-3-4-10-16)12-18-15-7-5-14(17)6-8-15/h13-15,18H,3-12,17H2,1-2H3. The zero-order valence-electron chi connectivity index (χ0n) is 12.4. The lowest BCUT2D eigenvalue weighted by Crippen LogP contribution is -2.42. The SMILES string of the molecule is CC(C)CC1(CNC2CCC(N)CC2)CCCC1. The normalized spacial score (nSPS) is 32.0. The first-order valence-electron chi connectivity index (χ1n) is 8.09. The molecule has 0 heterocycles. The second kappa shape index (κ2) is 6.38. The molecule has 2 aliphatic rings. The van der Waals surface area contributed by atoms with E-state index in [1.165, 1.54) is 64.3 Å². The van der Waals surface area contributed by atoms with Crippen LogP contribution in [0.15, 0.2) is 0 Å². The van der Waals surface area contributed by atoms with E-state index < -0.39 is 0 Å². The summed E-state index contributed by atoms with van der Waals surface area (Å²) in [5, 5.41) is 3.87. The average Bonchev–Trinajstić information content (AvgIpc) is 2.76. The average molecular weight is 252 g/mol. The van der Waals surface area contributed by atoms with Crippen LogP contribution < -0.4 is 11.1 Å². The van der Waals surface area contributed by atoms with Crippen LogP contribution in [-0.2, 0) is 0 Å². The van der Waals surface area contributed by atoms with Gasteiger partial charge in [0.1, 0.15) is 0 Å². The second-order valence-electron chi connectivity index (χ2n) is 7.30. The molecule has 106 valence electrons. The van der Waals surface area contributed by atoms with Gasteiger partial charge in [-0.15, -0.1) is 0 Å². The van der Waals surface area contributed by atoms with Gasteiger partial charge in [-0.2, -0.15) is 0 Å². The Morgan fingerprint density at radius 2 is 1.72 bits per heavy atom. The molecule has 0 aromatic rings. The van der Waals surface area contributed by atoms with Crippen LogP contribution in [0.25, 0.3) is 0 Å². The summed E-state index contributed by atoms with van der Waals surface area (Å²) < 4.78 is 0. The van der Waals surface area contributed by atoms with Gasteiger partial charge in [-0.3, -0.25) is 0 Å². The summed E-state index contributed by atoms with van der Waals surface area (Å²) in [5.41, 5.74) is 6.60. The lowest BCUT2D eigenvalue weighted by molar-refractivity contribution is 0.203. The van der Waals surface area contributed by atoms with Gasteiger partial charge < -0.3 is 11.1 Å². The molecule has 0 atom stereocenters. The highest BCUT2D eigenvalue weighted by molar-refractivity contribution is 4.89. The second-order valence-corrected chi connectivity index (χ2v) is 7.30. The third-order valence-corrected chi connectivity index (χ3v) is 5.04. The Bertz CT molecular complexity index is 235. The number of nitrogens with one attached hydrogen (secondary N) is 1. The maximum absolute atomic E-state index is 5.98. The van der Waals surface area contributed by atoms with Crippen LogP contribution in [0.3, 0.4) is 0 Å². The Morgan fingerprint density at radius 3 is 2.28 bits per heavy atom. The Labute approximate surface area is 113 Å². The minimum atomic E-state index is 0.471. The Kier molecular flexibility index (Phi) is 5.08. The van der Waals surface area contributed by atoms with Crippen molar-refractivity contribution in [3.63, 3.8) is 0 Å². The molecule has 0 bridgehead atoms. The minimum Gasteiger partial charge on any atom is -0.328 e. The van der Waals surface area contributed by atoms with Gasteiger partial charge in [-0.05, 0) is 56.3 Å². The van der Waals surface area contributed by atoms with E-state index in [1.54, 1.807) is 0 Å². The van der Waals surface area contributed by atoms with Crippen LogP contribution >= 0.6 is 0 Å². The van der Waals surface area contributed by atoms with Crippen molar-refractivity contribution in [2.45, 2.75) is 83.7 Å². The van der Waals surface area contributed by atoms with Crippen molar-refractivity contribution in [2.24, 2.45) is 17.1 Å². The molecule has 0 amide bonds. The highest BCUT2D eigenvalue weighted by Crippen LogP contribution is 2.42. The summed E-state index contributed by atoms with van der Waals surface area (Å²) in [5.74, 6) is 0.838. The number of rotatable bonds is 5. The monoisotopic (exact) mass is 252 g/mol. The molecule has 0 aromatic heterocycles. The molecule has 0 unspecified atom stereocenters. The molecule has 0 spiro atoms. The van der Waals surface area contributed by atoms with Crippen LogP contribution in [0.4, 0.5) is 0 Å². The summed E-state index contributed by atoms with van der Waals surface area (Å²) in [4.78, 5) is 0.